The molecule has 0 fully saturated rings. The summed E-state index contributed by atoms with van der Waals surface area (Å²) in [6.07, 6.45) is 0. The van der Waals surface area contributed by atoms with Crippen LogP contribution < -0.4 is 9.64 Å². The van der Waals surface area contributed by atoms with Crippen molar-refractivity contribution in [3.05, 3.63) is 52.7 Å². The average Bonchev–Trinajstić information content (AvgIpc) is 2.47. The fourth-order valence-corrected chi connectivity index (χ4v) is 2.15. The molecule has 21 heavy (non-hydrogen) atoms. The highest BCUT2D eigenvalue weighted by atomic mass is 35.5. The van der Waals surface area contributed by atoms with Crippen LogP contribution in [0.5, 0.6) is 5.75 Å². The maximum atomic E-state index is 11.3. The first-order valence-electron chi connectivity index (χ1n) is 6.25. The van der Waals surface area contributed by atoms with Gasteiger partial charge in [-0.05, 0) is 29.8 Å². The van der Waals surface area contributed by atoms with Crippen molar-refractivity contribution in [2.24, 2.45) is 0 Å². The number of nitrogens with zero attached hydrogens (tertiary/aromatic N) is 2. The van der Waals surface area contributed by atoms with E-state index in [9.17, 15) is 9.90 Å². The monoisotopic (exact) mass is 306 g/mol. The van der Waals surface area contributed by atoms with E-state index in [0.717, 1.165) is 11.3 Å². The topological polar surface area (TPSA) is 62.7 Å². The van der Waals surface area contributed by atoms with Gasteiger partial charge in [0.05, 0.1) is 7.11 Å². The summed E-state index contributed by atoms with van der Waals surface area (Å²) in [5, 5.41) is 9.48. The third-order valence-electron chi connectivity index (χ3n) is 2.99. The summed E-state index contributed by atoms with van der Waals surface area (Å²) in [7, 11) is 3.37. The summed E-state index contributed by atoms with van der Waals surface area (Å²) in [4.78, 5) is 17.1. The number of pyridine rings is 1. The number of aromatic carboxylic acids is 1. The summed E-state index contributed by atoms with van der Waals surface area (Å²) in [5.41, 5.74) is 1.10. The Morgan fingerprint density at radius 1 is 1.38 bits per heavy atom. The number of carboxylic acids is 1. The lowest BCUT2D eigenvalue weighted by Crippen LogP contribution is -2.21. The van der Waals surface area contributed by atoms with Crippen LogP contribution in [0.2, 0.25) is 5.15 Å². The quantitative estimate of drug-likeness (QED) is 0.860. The largest absolute Gasteiger partial charge is 0.497 e. The number of carboxylic acid groups (broad SMARTS) is 1. The van der Waals surface area contributed by atoms with Crippen LogP contribution in [0.3, 0.4) is 0 Å². The summed E-state index contributed by atoms with van der Waals surface area (Å²) >= 11 is 5.87. The van der Waals surface area contributed by atoms with Crippen molar-refractivity contribution in [1.29, 1.82) is 0 Å². The molecule has 0 unspecified atom stereocenters. The fourth-order valence-electron chi connectivity index (χ4n) is 2.00. The van der Waals surface area contributed by atoms with Gasteiger partial charge in [0.25, 0.3) is 0 Å². The molecule has 0 aliphatic heterocycles. The molecule has 0 aliphatic rings. The molecule has 0 saturated carbocycles. The lowest BCUT2D eigenvalue weighted by molar-refractivity contribution is 0.0697. The Hall–Kier alpha value is -2.27. The number of hydrogen-bond acceptors (Lipinski definition) is 4. The fraction of sp³-hybridized carbons (Fsp3) is 0.200. The molecule has 0 bridgehead atoms. The van der Waals surface area contributed by atoms with Gasteiger partial charge in [0, 0.05) is 13.6 Å². The van der Waals surface area contributed by atoms with E-state index in [4.69, 9.17) is 16.3 Å². The number of halogens is 1. The summed E-state index contributed by atoms with van der Waals surface area (Å²) in [6, 6.07) is 10.5. The maximum Gasteiger partial charge on any atom is 0.339 e. The van der Waals surface area contributed by atoms with Crippen LogP contribution >= 0.6 is 11.6 Å². The molecule has 0 amide bonds. The van der Waals surface area contributed by atoms with Gasteiger partial charge in [-0.15, -0.1) is 0 Å². The normalized spacial score (nSPS) is 10.2. The number of hydrogen-bond donors (Lipinski definition) is 1. The molecule has 2 rings (SSSR count). The first-order chi connectivity index (χ1) is 10.0. The maximum absolute atomic E-state index is 11.3. The van der Waals surface area contributed by atoms with Crippen molar-refractivity contribution in [1.82, 2.24) is 4.98 Å². The van der Waals surface area contributed by atoms with E-state index in [1.165, 1.54) is 12.1 Å². The molecule has 0 saturated heterocycles. The Bertz CT molecular complexity index is 661. The summed E-state index contributed by atoms with van der Waals surface area (Å²) < 4.78 is 5.17. The number of ether oxygens (including phenoxy) is 1. The summed E-state index contributed by atoms with van der Waals surface area (Å²) in [5.74, 6) is 0.0443. The zero-order valence-electron chi connectivity index (χ0n) is 11.7. The van der Waals surface area contributed by atoms with Gasteiger partial charge in [0.15, 0.2) is 0 Å². The third-order valence-corrected chi connectivity index (χ3v) is 3.20. The van der Waals surface area contributed by atoms with E-state index in [0.29, 0.717) is 12.4 Å². The molecule has 0 atom stereocenters. The van der Waals surface area contributed by atoms with E-state index in [2.05, 4.69) is 4.98 Å². The molecular weight excluding hydrogens is 292 g/mol. The van der Waals surface area contributed by atoms with Gasteiger partial charge in [0.2, 0.25) is 0 Å². The van der Waals surface area contributed by atoms with Crippen molar-refractivity contribution >= 4 is 23.4 Å². The predicted octanol–water partition coefficient (Wildman–Crippen LogP) is 3.08. The van der Waals surface area contributed by atoms with Gasteiger partial charge in [-0.1, -0.05) is 23.7 Å². The van der Waals surface area contributed by atoms with Crippen LogP contribution in [0, 0.1) is 0 Å². The zero-order chi connectivity index (χ0) is 15.4. The Morgan fingerprint density at radius 2 is 2.14 bits per heavy atom. The van der Waals surface area contributed by atoms with Gasteiger partial charge >= 0.3 is 5.97 Å². The number of anilines is 1. The van der Waals surface area contributed by atoms with Crippen LogP contribution in [0.1, 0.15) is 15.9 Å². The minimum Gasteiger partial charge on any atom is -0.497 e. The van der Waals surface area contributed by atoms with Crippen LogP contribution in [0.25, 0.3) is 0 Å². The smallest absolute Gasteiger partial charge is 0.339 e. The molecule has 5 nitrogen and oxygen atoms in total. The van der Waals surface area contributed by atoms with Crippen LogP contribution in [-0.4, -0.2) is 30.2 Å². The molecule has 0 aliphatic carbocycles. The molecule has 110 valence electrons. The number of aromatic nitrogens is 1. The van der Waals surface area contributed by atoms with Crippen molar-refractivity contribution < 1.29 is 14.6 Å². The van der Waals surface area contributed by atoms with Crippen molar-refractivity contribution in [2.75, 3.05) is 19.1 Å². The van der Waals surface area contributed by atoms with Gasteiger partial charge in [-0.3, -0.25) is 0 Å². The standard InChI is InChI=1S/C15H15ClN2O3/c1-18(9-10-4-3-5-11(8-10)21-2)14-12(15(19)20)6-7-13(16)17-14/h3-8H,9H2,1-2H3,(H,19,20). The Morgan fingerprint density at radius 3 is 2.81 bits per heavy atom. The van der Waals surface area contributed by atoms with Crippen molar-refractivity contribution in [3.8, 4) is 5.75 Å². The Kier molecular flexibility index (Phi) is 4.65. The van der Waals surface area contributed by atoms with E-state index < -0.39 is 5.97 Å². The van der Waals surface area contributed by atoms with Crippen molar-refractivity contribution in [3.63, 3.8) is 0 Å². The van der Waals surface area contributed by atoms with Gasteiger partial charge in [0.1, 0.15) is 22.3 Å². The minimum atomic E-state index is -1.04. The number of methoxy groups -OCH3 is 1. The molecule has 6 heteroatoms. The summed E-state index contributed by atoms with van der Waals surface area (Å²) in [6.45, 7) is 0.491. The highest BCUT2D eigenvalue weighted by Crippen LogP contribution is 2.22. The average molecular weight is 307 g/mol. The van der Waals surface area contributed by atoms with Crippen molar-refractivity contribution in [2.45, 2.75) is 6.54 Å². The second kappa shape index (κ2) is 6.45. The molecule has 1 aromatic carbocycles. The SMILES string of the molecule is COc1cccc(CN(C)c2nc(Cl)ccc2C(=O)O)c1. The predicted molar refractivity (Wildman–Crippen MR) is 81.3 cm³/mol. The van der Waals surface area contributed by atoms with E-state index in [-0.39, 0.29) is 10.7 Å². The molecule has 0 spiro atoms. The highest BCUT2D eigenvalue weighted by Gasteiger charge is 2.16. The lowest BCUT2D eigenvalue weighted by Gasteiger charge is -2.20. The first-order valence-corrected chi connectivity index (χ1v) is 6.63. The first kappa shape index (κ1) is 15.1. The van der Waals surface area contributed by atoms with Crippen LogP contribution in [0.15, 0.2) is 36.4 Å². The molecular formula is C15H15ClN2O3. The van der Waals surface area contributed by atoms with E-state index in [1.807, 2.05) is 24.3 Å². The van der Waals surface area contributed by atoms with Crippen LogP contribution in [-0.2, 0) is 6.54 Å². The molecule has 1 heterocycles. The van der Waals surface area contributed by atoms with E-state index >= 15 is 0 Å². The highest BCUT2D eigenvalue weighted by molar-refractivity contribution is 6.29. The van der Waals surface area contributed by atoms with Gasteiger partial charge in [-0.2, -0.15) is 0 Å². The van der Waals surface area contributed by atoms with Gasteiger partial charge in [-0.25, -0.2) is 9.78 Å². The Balaban J connectivity index is 2.29. The molecule has 0 radical (unpaired) electrons. The Labute approximate surface area is 127 Å². The molecule has 1 N–H and O–H groups in total. The molecule has 2 aromatic rings. The zero-order valence-corrected chi connectivity index (χ0v) is 12.5. The third kappa shape index (κ3) is 3.64. The second-order valence-electron chi connectivity index (χ2n) is 4.52. The number of rotatable bonds is 5. The second-order valence-corrected chi connectivity index (χ2v) is 4.91. The lowest BCUT2D eigenvalue weighted by atomic mass is 10.2. The van der Waals surface area contributed by atoms with E-state index in [1.54, 1.807) is 19.1 Å². The van der Waals surface area contributed by atoms with Gasteiger partial charge < -0.3 is 14.7 Å². The minimum absolute atomic E-state index is 0.116. The molecule has 1 aromatic heterocycles. The van der Waals surface area contributed by atoms with Crippen LogP contribution in [0.4, 0.5) is 5.82 Å². The number of benzene rings is 1. The number of carbonyl (C=O) groups is 1.